The molecular formula is C10H14F4O3. The first-order valence-electron chi connectivity index (χ1n) is 5.27. The highest BCUT2D eigenvalue weighted by Crippen LogP contribution is 2.23. The second-order valence-corrected chi connectivity index (χ2v) is 3.93. The Morgan fingerprint density at radius 2 is 2.18 bits per heavy atom. The number of hydrogen-bond donors (Lipinski definition) is 0. The minimum absolute atomic E-state index is 0.243. The van der Waals surface area contributed by atoms with E-state index in [1.54, 1.807) is 0 Å². The highest BCUT2D eigenvalue weighted by atomic mass is 19.3. The average molecular weight is 258 g/mol. The van der Waals surface area contributed by atoms with Crippen molar-refractivity contribution in [2.24, 2.45) is 5.92 Å². The van der Waals surface area contributed by atoms with E-state index in [-0.39, 0.29) is 18.3 Å². The molecule has 0 aromatic carbocycles. The van der Waals surface area contributed by atoms with Crippen LogP contribution in [0.5, 0.6) is 0 Å². The summed E-state index contributed by atoms with van der Waals surface area (Å²) in [6.07, 6.45) is -2.44. The van der Waals surface area contributed by atoms with Crippen LogP contribution in [0.1, 0.15) is 12.8 Å². The molecule has 1 unspecified atom stereocenters. The Bertz CT molecular complexity index is 252. The van der Waals surface area contributed by atoms with Gasteiger partial charge in [-0.25, -0.2) is 8.78 Å². The second-order valence-electron chi connectivity index (χ2n) is 3.93. The lowest BCUT2D eigenvalue weighted by molar-refractivity contribution is -0.169. The zero-order valence-electron chi connectivity index (χ0n) is 9.13. The van der Waals surface area contributed by atoms with Gasteiger partial charge in [0.05, 0.1) is 6.61 Å². The average Bonchev–Trinajstić information content (AvgIpc) is 2.29. The molecule has 1 fully saturated rings. The first-order chi connectivity index (χ1) is 7.93. The molecule has 0 N–H and O–H groups in total. The maximum atomic E-state index is 12.4. The predicted octanol–water partition coefficient (Wildman–Crippen LogP) is 1.90. The van der Waals surface area contributed by atoms with Crippen LogP contribution in [0, 0.1) is 5.92 Å². The van der Waals surface area contributed by atoms with Crippen LogP contribution < -0.4 is 0 Å². The molecule has 0 bridgehead atoms. The molecule has 0 aromatic rings. The first-order valence-corrected chi connectivity index (χ1v) is 5.27. The molecule has 7 heteroatoms. The third kappa shape index (κ3) is 4.59. The fourth-order valence-electron chi connectivity index (χ4n) is 1.46. The van der Waals surface area contributed by atoms with Crippen molar-refractivity contribution in [2.75, 3.05) is 26.4 Å². The Labute approximate surface area is 96.1 Å². The molecule has 100 valence electrons. The molecule has 17 heavy (non-hydrogen) atoms. The van der Waals surface area contributed by atoms with E-state index >= 15 is 0 Å². The smallest absolute Gasteiger partial charge is 0.330 e. The van der Waals surface area contributed by atoms with Gasteiger partial charge in [-0.05, 0) is 12.8 Å². The number of carbonyl (C=O) groups excluding carboxylic acids is 1. The molecule has 0 radical (unpaired) electrons. The lowest BCUT2D eigenvalue weighted by Crippen LogP contribution is -2.35. The summed E-state index contributed by atoms with van der Waals surface area (Å²) in [5, 5.41) is 0. The number of Topliss-reactive ketones (excluding diaryl/α,β-unsaturated/α-hetero) is 1. The lowest BCUT2D eigenvalue weighted by atomic mass is 9.98. The number of carbonyl (C=O) groups is 1. The Balaban J connectivity index is 2.24. The van der Waals surface area contributed by atoms with E-state index in [9.17, 15) is 22.4 Å². The Kier molecular flexibility index (Phi) is 5.32. The molecule has 0 spiro atoms. The van der Waals surface area contributed by atoms with Crippen LogP contribution in [0.15, 0.2) is 0 Å². The van der Waals surface area contributed by atoms with Gasteiger partial charge in [-0.1, -0.05) is 0 Å². The van der Waals surface area contributed by atoms with Gasteiger partial charge in [0, 0.05) is 12.5 Å². The van der Waals surface area contributed by atoms with E-state index in [2.05, 4.69) is 4.74 Å². The molecule has 1 saturated heterocycles. The van der Waals surface area contributed by atoms with Crippen LogP contribution >= 0.6 is 0 Å². The number of hydrogen-bond acceptors (Lipinski definition) is 3. The molecule has 1 rings (SSSR count). The fraction of sp³-hybridized carbons (Fsp3) is 0.900. The fourth-order valence-corrected chi connectivity index (χ4v) is 1.46. The molecule has 3 nitrogen and oxygen atoms in total. The number of alkyl halides is 4. The van der Waals surface area contributed by atoms with Crippen molar-refractivity contribution in [1.82, 2.24) is 0 Å². The van der Waals surface area contributed by atoms with Gasteiger partial charge in [0.25, 0.3) is 0 Å². The maximum Gasteiger partial charge on any atom is 0.330 e. The third-order valence-corrected chi connectivity index (χ3v) is 2.47. The van der Waals surface area contributed by atoms with Crippen LogP contribution in [0.2, 0.25) is 0 Å². The second kappa shape index (κ2) is 6.30. The Morgan fingerprint density at radius 3 is 2.71 bits per heavy atom. The normalized spacial score (nSPS) is 21.8. The van der Waals surface area contributed by atoms with Crippen molar-refractivity contribution in [2.45, 2.75) is 25.2 Å². The molecule has 0 amide bonds. The molecule has 0 saturated carbocycles. The number of ketones is 1. The van der Waals surface area contributed by atoms with Gasteiger partial charge in [0.1, 0.15) is 13.2 Å². The van der Waals surface area contributed by atoms with Gasteiger partial charge in [-0.2, -0.15) is 8.78 Å². The van der Waals surface area contributed by atoms with E-state index in [0.717, 1.165) is 6.42 Å². The Morgan fingerprint density at radius 1 is 1.47 bits per heavy atom. The van der Waals surface area contributed by atoms with Crippen molar-refractivity contribution < 1.29 is 31.8 Å². The molecular weight excluding hydrogens is 244 g/mol. The molecule has 0 aromatic heterocycles. The summed E-state index contributed by atoms with van der Waals surface area (Å²) in [6.45, 7) is -1.19. The number of ether oxygens (including phenoxy) is 2. The van der Waals surface area contributed by atoms with Crippen molar-refractivity contribution in [1.29, 1.82) is 0 Å². The third-order valence-electron chi connectivity index (χ3n) is 2.47. The summed E-state index contributed by atoms with van der Waals surface area (Å²) in [5.41, 5.74) is 0. The zero-order valence-corrected chi connectivity index (χ0v) is 9.13. The summed E-state index contributed by atoms with van der Waals surface area (Å²) in [5.74, 6) is -4.96. The summed E-state index contributed by atoms with van der Waals surface area (Å²) >= 11 is 0. The Hall–Kier alpha value is -0.690. The highest BCUT2D eigenvalue weighted by molar-refractivity contribution is 5.82. The molecule has 1 aliphatic heterocycles. The van der Waals surface area contributed by atoms with Crippen molar-refractivity contribution >= 4 is 5.78 Å². The summed E-state index contributed by atoms with van der Waals surface area (Å²) in [6, 6.07) is 0. The molecule has 1 atom stereocenters. The van der Waals surface area contributed by atoms with E-state index < -0.39 is 25.6 Å². The molecule has 1 aliphatic rings. The summed E-state index contributed by atoms with van der Waals surface area (Å²) in [7, 11) is 0. The van der Waals surface area contributed by atoms with Crippen molar-refractivity contribution in [3.8, 4) is 0 Å². The standard InChI is InChI=1S/C10H14F4O3/c11-9(12)10(13,14)6-17-5-8(15)7-2-1-3-16-4-7/h7,9H,1-6H2. The largest absolute Gasteiger partial charge is 0.381 e. The van der Waals surface area contributed by atoms with Gasteiger partial charge in [0.15, 0.2) is 5.78 Å². The SMILES string of the molecule is O=C(COCC(F)(F)C(F)F)C1CCCOC1. The van der Waals surface area contributed by atoms with Crippen LogP contribution in [0.4, 0.5) is 17.6 Å². The lowest BCUT2D eigenvalue weighted by Gasteiger charge is -2.21. The first kappa shape index (κ1) is 14.4. The predicted molar refractivity (Wildman–Crippen MR) is 50.3 cm³/mol. The minimum Gasteiger partial charge on any atom is -0.381 e. The van der Waals surface area contributed by atoms with Gasteiger partial charge in [-0.3, -0.25) is 4.79 Å². The maximum absolute atomic E-state index is 12.4. The highest BCUT2D eigenvalue weighted by Gasteiger charge is 2.41. The van der Waals surface area contributed by atoms with Crippen LogP contribution in [-0.2, 0) is 14.3 Å². The van der Waals surface area contributed by atoms with E-state index in [1.165, 1.54) is 0 Å². The van der Waals surface area contributed by atoms with Gasteiger partial charge in [-0.15, -0.1) is 0 Å². The van der Waals surface area contributed by atoms with Crippen molar-refractivity contribution in [3.63, 3.8) is 0 Å². The van der Waals surface area contributed by atoms with Crippen molar-refractivity contribution in [3.05, 3.63) is 0 Å². The van der Waals surface area contributed by atoms with E-state index in [4.69, 9.17) is 4.74 Å². The summed E-state index contributed by atoms with van der Waals surface area (Å²) < 4.78 is 57.8. The van der Waals surface area contributed by atoms with E-state index in [1.807, 2.05) is 0 Å². The minimum atomic E-state index is -4.21. The topological polar surface area (TPSA) is 35.5 Å². The number of rotatable bonds is 6. The zero-order chi connectivity index (χ0) is 12.9. The summed E-state index contributed by atoms with van der Waals surface area (Å²) in [4.78, 5) is 11.4. The number of halogens is 4. The molecule has 1 heterocycles. The monoisotopic (exact) mass is 258 g/mol. The van der Waals surface area contributed by atoms with Gasteiger partial charge >= 0.3 is 12.3 Å². The van der Waals surface area contributed by atoms with E-state index in [0.29, 0.717) is 13.0 Å². The van der Waals surface area contributed by atoms with Crippen LogP contribution in [0.25, 0.3) is 0 Å². The van der Waals surface area contributed by atoms with Gasteiger partial charge in [0.2, 0.25) is 0 Å². The van der Waals surface area contributed by atoms with Crippen LogP contribution in [-0.4, -0.2) is 44.6 Å². The van der Waals surface area contributed by atoms with Crippen LogP contribution in [0.3, 0.4) is 0 Å². The quantitative estimate of drug-likeness (QED) is 0.682. The van der Waals surface area contributed by atoms with Gasteiger partial charge < -0.3 is 9.47 Å². The molecule has 0 aliphatic carbocycles.